The topological polar surface area (TPSA) is 82.5 Å². The SMILES string of the molecule is CSC(CO)C(C)Nc1nc2ccccc2cc1C(=O)O. The van der Waals surface area contributed by atoms with Crippen LogP contribution in [-0.2, 0) is 0 Å². The fourth-order valence-electron chi connectivity index (χ4n) is 2.13. The van der Waals surface area contributed by atoms with E-state index in [2.05, 4.69) is 10.3 Å². The third kappa shape index (κ3) is 3.46. The van der Waals surface area contributed by atoms with Gasteiger partial charge < -0.3 is 15.5 Å². The molecule has 5 nitrogen and oxygen atoms in total. The molecule has 21 heavy (non-hydrogen) atoms. The van der Waals surface area contributed by atoms with E-state index in [1.807, 2.05) is 37.4 Å². The van der Waals surface area contributed by atoms with Crippen LogP contribution in [0.5, 0.6) is 0 Å². The molecule has 2 atom stereocenters. The fourth-order valence-corrected chi connectivity index (χ4v) is 2.76. The zero-order valence-electron chi connectivity index (χ0n) is 11.9. The molecule has 2 aromatic rings. The van der Waals surface area contributed by atoms with E-state index in [0.717, 1.165) is 10.9 Å². The zero-order valence-corrected chi connectivity index (χ0v) is 12.7. The normalized spacial score (nSPS) is 13.9. The van der Waals surface area contributed by atoms with Gasteiger partial charge in [-0.2, -0.15) is 11.8 Å². The maximum atomic E-state index is 11.4. The van der Waals surface area contributed by atoms with Crippen LogP contribution in [-0.4, -0.2) is 45.3 Å². The number of anilines is 1. The number of thioether (sulfide) groups is 1. The summed E-state index contributed by atoms with van der Waals surface area (Å²) < 4.78 is 0. The van der Waals surface area contributed by atoms with Gasteiger partial charge in [-0.1, -0.05) is 18.2 Å². The number of hydrogen-bond donors (Lipinski definition) is 3. The van der Waals surface area contributed by atoms with Crippen LogP contribution in [0.3, 0.4) is 0 Å². The number of para-hydroxylation sites is 1. The first-order valence-corrected chi connectivity index (χ1v) is 7.89. The summed E-state index contributed by atoms with van der Waals surface area (Å²) in [5.74, 6) is -0.686. The lowest BCUT2D eigenvalue weighted by atomic mass is 10.1. The van der Waals surface area contributed by atoms with Crippen molar-refractivity contribution in [2.45, 2.75) is 18.2 Å². The number of hydrogen-bond acceptors (Lipinski definition) is 5. The number of pyridine rings is 1. The van der Waals surface area contributed by atoms with Crippen molar-refractivity contribution >= 4 is 34.5 Å². The summed E-state index contributed by atoms with van der Waals surface area (Å²) in [7, 11) is 0. The highest BCUT2D eigenvalue weighted by Gasteiger charge is 2.19. The standard InChI is InChI=1S/C15H18N2O3S/c1-9(13(8-18)21-2)16-14-11(15(19)20)7-10-5-3-4-6-12(10)17-14/h3-7,9,13,18H,8H2,1-2H3,(H,16,17)(H,19,20). The Bertz CT molecular complexity index is 644. The predicted molar refractivity (Wildman–Crippen MR) is 86.2 cm³/mol. The highest BCUT2D eigenvalue weighted by atomic mass is 32.2. The molecule has 3 N–H and O–H groups in total. The average Bonchev–Trinajstić information content (AvgIpc) is 2.47. The molecule has 2 unspecified atom stereocenters. The number of benzene rings is 1. The molecule has 0 aliphatic rings. The molecule has 0 amide bonds. The second-order valence-corrected chi connectivity index (χ2v) is 5.85. The number of carbonyl (C=O) groups is 1. The Morgan fingerprint density at radius 3 is 2.76 bits per heavy atom. The van der Waals surface area contributed by atoms with Crippen molar-refractivity contribution in [2.75, 3.05) is 18.2 Å². The van der Waals surface area contributed by atoms with Gasteiger partial charge in [0.05, 0.1) is 12.1 Å². The third-order valence-corrected chi connectivity index (χ3v) is 4.52. The van der Waals surface area contributed by atoms with Gasteiger partial charge in [-0.3, -0.25) is 0 Å². The van der Waals surface area contributed by atoms with Crippen LogP contribution in [0.25, 0.3) is 10.9 Å². The molecule has 0 fully saturated rings. The van der Waals surface area contributed by atoms with Gasteiger partial charge in [-0.15, -0.1) is 0 Å². The molecule has 1 heterocycles. The first-order valence-electron chi connectivity index (χ1n) is 6.60. The Balaban J connectivity index is 2.41. The molecule has 1 aromatic carbocycles. The average molecular weight is 306 g/mol. The van der Waals surface area contributed by atoms with Gasteiger partial charge in [0.15, 0.2) is 0 Å². The predicted octanol–water partition coefficient (Wildman–Crippen LogP) is 2.46. The summed E-state index contributed by atoms with van der Waals surface area (Å²) in [6.45, 7) is 1.92. The molecule has 0 bridgehead atoms. The van der Waals surface area contributed by atoms with E-state index in [0.29, 0.717) is 5.82 Å². The van der Waals surface area contributed by atoms with Crippen molar-refractivity contribution in [3.63, 3.8) is 0 Å². The number of carboxylic acid groups (broad SMARTS) is 1. The first kappa shape index (κ1) is 15.6. The van der Waals surface area contributed by atoms with Crippen LogP contribution in [0.15, 0.2) is 30.3 Å². The zero-order chi connectivity index (χ0) is 15.4. The van der Waals surface area contributed by atoms with Crippen molar-refractivity contribution < 1.29 is 15.0 Å². The number of aliphatic hydroxyl groups excluding tert-OH is 1. The van der Waals surface area contributed by atoms with Gasteiger partial charge >= 0.3 is 5.97 Å². The summed E-state index contributed by atoms with van der Waals surface area (Å²) in [5, 5.41) is 22.6. The monoisotopic (exact) mass is 306 g/mol. The van der Waals surface area contributed by atoms with Crippen LogP contribution in [0.2, 0.25) is 0 Å². The largest absolute Gasteiger partial charge is 0.478 e. The number of aromatic carboxylic acids is 1. The van der Waals surface area contributed by atoms with Gasteiger partial charge in [0.25, 0.3) is 0 Å². The number of nitrogens with zero attached hydrogens (tertiary/aromatic N) is 1. The molecule has 0 aliphatic carbocycles. The highest BCUT2D eigenvalue weighted by molar-refractivity contribution is 7.99. The quantitative estimate of drug-likeness (QED) is 0.760. The summed E-state index contributed by atoms with van der Waals surface area (Å²) in [6, 6.07) is 8.90. The van der Waals surface area contributed by atoms with Crippen LogP contribution < -0.4 is 5.32 Å². The molecule has 0 saturated carbocycles. The minimum Gasteiger partial charge on any atom is -0.478 e. The Kier molecular flexibility index (Phi) is 5.03. The van der Waals surface area contributed by atoms with Gasteiger partial charge in [0.1, 0.15) is 11.4 Å². The Morgan fingerprint density at radius 1 is 1.43 bits per heavy atom. The molecule has 1 aromatic heterocycles. The van der Waals surface area contributed by atoms with E-state index in [4.69, 9.17) is 0 Å². The lowest BCUT2D eigenvalue weighted by Gasteiger charge is -2.22. The van der Waals surface area contributed by atoms with Gasteiger partial charge in [-0.25, -0.2) is 9.78 Å². The number of nitrogens with one attached hydrogen (secondary N) is 1. The minimum absolute atomic E-state index is 0.0192. The molecular weight excluding hydrogens is 288 g/mol. The Morgan fingerprint density at radius 2 is 2.14 bits per heavy atom. The van der Waals surface area contributed by atoms with Gasteiger partial charge in [0.2, 0.25) is 0 Å². The number of aliphatic hydroxyl groups is 1. The van der Waals surface area contributed by atoms with E-state index in [-0.39, 0.29) is 23.5 Å². The second-order valence-electron chi connectivity index (χ2n) is 4.77. The van der Waals surface area contributed by atoms with Gasteiger partial charge in [-0.05, 0) is 25.3 Å². The van der Waals surface area contributed by atoms with Crippen LogP contribution >= 0.6 is 11.8 Å². The lowest BCUT2D eigenvalue weighted by molar-refractivity contribution is 0.0697. The van der Waals surface area contributed by atoms with Crippen molar-refractivity contribution in [1.82, 2.24) is 4.98 Å². The van der Waals surface area contributed by atoms with Crippen molar-refractivity contribution in [3.8, 4) is 0 Å². The first-order chi connectivity index (χ1) is 10.1. The summed E-state index contributed by atoms with van der Waals surface area (Å²) in [6.07, 6.45) is 1.91. The Labute approximate surface area is 127 Å². The second kappa shape index (κ2) is 6.78. The number of rotatable bonds is 6. The third-order valence-electron chi connectivity index (χ3n) is 3.36. The molecule has 6 heteroatoms. The number of carboxylic acids is 1. The van der Waals surface area contributed by atoms with E-state index in [1.165, 1.54) is 11.8 Å². The van der Waals surface area contributed by atoms with Crippen molar-refractivity contribution in [3.05, 3.63) is 35.9 Å². The van der Waals surface area contributed by atoms with E-state index < -0.39 is 5.97 Å². The molecule has 2 rings (SSSR count). The molecule has 0 saturated heterocycles. The summed E-state index contributed by atoms with van der Waals surface area (Å²) in [5.41, 5.74) is 0.875. The fraction of sp³-hybridized carbons (Fsp3) is 0.333. The maximum absolute atomic E-state index is 11.4. The molecule has 112 valence electrons. The number of fused-ring (bicyclic) bond motifs is 1. The molecule has 0 radical (unpaired) electrons. The highest BCUT2D eigenvalue weighted by Crippen LogP contribution is 2.23. The van der Waals surface area contributed by atoms with E-state index in [9.17, 15) is 15.0 Å². The van der Waals surface area contributed by atoms with E-state index >= 15 is 0 Å². The maximum Gasteiger partial charge on any atom is 0.339 e. The smallest absolute Gasteiger partial charge is 0.339 e. The van der Waals surface area contributed by atoms with Crippen molar-refractivity contribution in [1.29, 1.82) is 0 Å². The van der Waals surface area contributed by atoms with Crippen LogP contribution in [0.4, 0.5) is 5.82 Å². The number of aromatic nitrogens is 1. The minimum atomic E-state index is -1.02. The summed E-state index contributed by atoms with van der Waals surface area (Å²) >= 11 is 1.53. The lowest BCUT2D eigenvalue weighted by Crippen LogP contribution is -2.32. The Hall–Kier alpha value is -1.79. The molecular formula is C15H18N2O3S. The summed E-state index contributed by atoms with van der Waals surface area (Å²) in [4.78, 5) is 15.8. The molecule has 0 spiro atoms. The van der Waals surface area contributed by atoms with Crippen molar-refractivity contribution in [2.24, 2.45) is 0 Å². The van der Waals surface area contributed by atoms with Crippen LogP contribution in [0.1, 0.15) is 17.3 Å². The molecule has 0 aliphatic heterocycles. The van der Waals surface area contributed by atoms with Gasteiger partial charge in [0, 0.05) is 16.7 Å². The van der Waals surface area contributed by atoms with E-state index in [1.54, 1.807) is 6.07 Å². The van der Waals surface area contributed by atoms with Crippen LogP contribution in [0, 0.1) is 0 Å².